The molecule has 0 aliphatic rings. The van der Waals surface area contributed by atoms with Gasteiger partial charge in [0.05, 0.1) is 10.8 Å². The molecule has 2 aromatic rings. The number of rotatable bonds is 13. The quantitative estimate of drug-likeness (QED) is 0.160. The number of carbonyl (C=O) groups excluding carboxylic acids is 3. The minimum Gasteiger partial charge on any atom is -0.480 e. The third kappa shape index (κ3) is 8.79. The van der Waals surface area contributed by atoms with Crippen molar-refractivity contribution in [1.82, 2.24) is 0 Å². The third-order valence-electron chi connectivity index (χ3n) is 7.84. The minimum atomic E-state index is -1.42. The first kappa shape index (κ1) is 34.3. The molecular formula is C32H43NO9. The highest BCUT2D eigenvalue weighted by atomic mass is 16.7. The highest BCUT2D eigenvalue weighted by Gasteiger charge is 2.37. The molecular weight excluding hydrogens is 542 g/mol. The summed E-state index contributed by atoms with van der Waals surface area (Å²) in [6.45, 7) is 13.9. The van der Waals surface area contributed by atoms with Gasteiger partial charge in [0.15, 0.2) is 11.5 Å². The van der Waals surface area contributed by atoms with Crippen LogP contribution in [0.4, 0.5) is 4.79 Å². The molecule has 4 atom stereocenters. The van der Waals surface area contributed by atoms with Crippen molar-refractivity contribution in [3.8, 4) is 17.2 Å². The summed E-state index contributed by atoms with van der Waals surface area (Å²) in [5, 5.41) is 9.85. The maximum Gasteiger partial charge on any atom is 0.514 e. The fraction of sp³-hybridized carbons (Fsp3) is 0.500. The van der Waals surface area contributed by atoms with E-state index >= 15 is 0 Å². The highest BCUT2D eigenvalue weighted by molar-refractivity contribution is 5.82. The first-order chi connectivity index (χ1) is 19.5. The van der Waals surface area contributed by atoms with Gasteiger partial charge in [-0.2, -0.15) is 0 Å². The maximum absolute atomic E-state index is 13.0. The number of hydrogen-bond acceptors (Lipinski definition) is 9. The predicted molar refractivity (Wildman–Crippen MR) is 156 cm³/mol. The molecule has 0 amide bonds. The number of ether oxygens (including phenoxy) is 4. The number of carboxylic acids is 1. The predicted octanol–water partition coefficient (Wildman–Crippen LogP) is 6.11. The Bertz CT molecular complexity index is 1260. The molecule has 0 heterocycles. The lowest BCUT2D eigenvalue weighted by molar-refractivity contribution is -0.147. The summed E-state index contributed by atoms with van der Waals surface area (Å²) in [5.74, 6) is -3.64. The molecule has 10 nitrogen and oxygen atoms in total. The van der Waals surface area contributed by atoms with Crippen LogP contribution in [0.1, 0.15) is 79.7 Å². The monoisotopic (exact) mass is 585 g/mol. The first-order valence-electron chi connectivity index (χ1n) is 14.0. The number of aliphatic carboxylic acids is 1. The van der Waals surface area contributed by atoms with Crippen molar-refractivity contribution in [1.29, 1.82) is 0 Å². The van der Waals surface area contributed by atoms with E-state index in [-0.39, 0.29) is 11.5 Å². The Hall–Kier alpha value is -3.92. The van der Waals surface area contributed by atoms with Gasteiger partial charge in [-0.05, 0) is 77.3 Å². The lowest BCUT2D eigenvalue weighted by Gasteiger charge is -2.32. The van der Waals surface area contributed by atoms with Crippen molar-refractivity contribution in [2.24, 2.45) is 22.5 Å². The van der Waals surface area contributed by atoms with Gasteiger partial charge in [0.1, 0.15) is 17.9 Å². The van der Waals surface area contributed by atoms with Crippen LogP contribution in [0.5, 0.6) is 17.2 Å². The number of benzene rings is 2. The molecule has 230 valence electrons. The van der Waals surface area contributed by atoms with Crippen LogP contribution >= 0.6 is 0 Å². The standard InChI is InChI=1S/C32H43NO9/c1-9-31(5,6)28(36)41-23-17-16-21(18-24(23)42-29(37)32(7,8)10-2)25(26(33)27(34)35)19(3)20(4)39-30(38)40-22-14-12-11-13-15-22/h11-20,25-26H,9-10,33H2,1-8H3,(H,34,35)/t19?,20?,25?,26-/m0/s1. The largest absolute Gasteiger partial charge is 0.514 e. The van der Waals surface area contributed by atoms with Gasteiger partial charge in [-0.15, -0.1) is 0 Å². The van der Waals surface area contributed by atoms with E-state index in [0.717, 1.165) is 0 Å². The van der Waals surface area contributed by atoms with Crippen LogP contribution in [0.25, 0.3) is 0 Å². The zero-order valence-electron chi connectivity index (χ0n) is 25.6. The smallest absolute Gasteiger partial charge is 0.480 e. The van der Waals surface area contributed by atoms with Crippen LogP contribution in [0.2, 0.25) is 0 Å². The summed E-state index contributed by atoms with van der Waals surface area (Å²) >= 11 is 0. The van der Waals surface area contributed by atoms with Crippen molar-refractivity contribution in [3.05, 3.63) is 54.1 Å². The van der Waals surface area contributed by atoms with E-state index < -0.39 is 58.9 Å². The zero-order chi connectivity index (χ0) is 31.8. The fourth-order valence-electron chi connectivity index (χ4n) is 3.81. The Labute approximate surface area is 247 Å². The van der Waals surface area contributed by atoms with Crippen molar-refractivity contribution < 1.29 is 43.2 Å². The van der Waals surface area contributed by atoms with E-state index in [1.54, 1.807) is 77.9 Å². The summed E-state index contributed by atoms with van der Waals surface area (Å²) in [4.78, 5) is 50.4. The molecule has 3 unspecified atom stereocenters. The molecule has 0 aliphatic heterocycles. The van der Waals surface area contributed by atoms with Gasteiger partial charge in [0, 0.05) is 11.8 Å². The second kappa shape index (κ2) is 14.3. The summed E-state index contributed by atoms with van der Waals surface area (Å²) < 4.78 is 22.1. The number of nitrogens with two attached hydrogens (primary N) is 1. The number of esters is 2. The van der Waals surface area contributed by atoms with E-state index in [1.165, 1.54) is 12.1 Å². The van der Waals surface area contributed by atoms with Gasteiger partial charge >= 0.3 is 24.1 Å². The molecule has 0 aromatic heterocycles. The van der Waals surface area contributed by atoms with Crippen molar-refractivity contribution in [2.45, 2.75) is 86.3 Å². The Morgan fingerprint density at radius 3 is 1.83 bits per heavy atom. The summed E-state index contributed by atoms with van der Waals surface area (Å²) in [6.07, 6.45) is -0.787. The Morgan fingerprint density at radius 2 is 1.33 bits per heavy atom. The third-order valence-corrected chi connectivity index (χ3v) is 7.84. The Balaban J connectivity index is 2.48. The van der Waals surface area contributed by atoms with Gasteiger partial charge < -0.3 is 29.8 Å². The van der Waals surface area contributed by atoms with Crippen LogP contribution in [0.15, 0.2) is 48.5 Å². The molecule has 0 fully saturated rings. The van der Waals surface area contributed by atoms with Crippen LogP contribution in [0, 0.1) is 16.7 Å². The maximum atomic E-state index is 13.0. The van der Waals surface area contributed by atoms with E-state index in [1.807, 2.05) is 13.8 Å². The average Bonchev–Trinajstić information content (AvgIpc) is 2.94. The molecule has 0 radical (unpaired) electrons. The van der Waals surface area contributed by atoms with Crippen LogP contribution in [-0.2, 0) is 19.1 Å². The van der Waals surface area contributed by atoms with Gasteiger partial charge in [-0.3, -0.25) is 14.4 Å². The van der Waals surface area contributed by atoms with Crippen molar-refractivity contribution in [2.75, 3.05) is 0 Å². The zero-order valence-corrected chi connectivity index (χ0v) is 25.6. The molecule has 2 aromatic carbocycles. The number of carboxylic acid groups (broad SMARTS) is 1. The number of para-hydroxylation sites is 1. The molecule has 0 saturated carbocycles. The van der Waals surface area contributed by atoms with Gasteiger partial charge in [0.25, 0.3) is 0 Å². The van der Waals surface area contributed by atoms with E-state index in [2.05, 4.69) is 0 Å². The van der Waals surface area contributed by atoms with Crippen LogP contribution in [-0.4, -0.2) is 41.3 Å². The molecule has 0 spiro atoms. The van der Waals surface area contributed by atoms with Crippen molar-refractivity contribution >= 4 is 24.1 Å². The van der Waals surface area contributed by atoms with Crippen molar-refractivity contribution in [3.63, 3.8) is 0 Å². The molecule has 3 N–H and O–H groups in total. The van der Waals surface area contributed by atoms with Gasteiger partial charge in [0.2, 0.25) is 0 Å². The summed E-state index contributed by atoms with van der Waals surface area (Å²) in [7, 11) is 0. The highest BCUT2D eigenvalue weighted by Crippen LogP contribution is 2.39. The second-order valence-electron chi connectivity index (χ2n) is 11.7. The molecule has 0 bridgehead atoms. The lowest BCUT2D eigenvalue weighted by Crippen LogP contribution is -2.43. The summed E-state index contributed by atoms with van der Waals surface area (Å²) in [5.41, 5.74) is 4.90. The number of carbonyl (C=O) groups is 4. The molecule has 2 rings (SSSR count). The van der Waals surface area contributed by atoms with Gasteiger partial charge in [-0.1, -0.05) is 45.0 Å². The molecule has 42 heavy (non-hydrogen) atoms. The first-order valence-corrected chi connectivity index (χ1v) is 14.0. The Morgan fingerprint density at radius 1 is 0.810 bits per heavy atom. The van der Waals surface area contributed by atoms with E-state index in [9.17, 15) is 24.3 Å². The normalized spacial score (nSPS) is 14.6. The average molecular weight is 586 g/mol. The summed E-state index contributed by atoms with van der Waals surface area (Å²) in [6, 6.07) is 11.4. The van der Waals surface area contributed by atoms with E-state index in [0.29, 0.717) is 24.2 Å². The van der Waals surface area contributed by atoms with Crippen LogP contribution < -0.4 is 19.9 Å². The lowest BCUT2D eigenvalue weighted by atomic mass is 9.79. The SMILES string of the molecule is CCC(C)(C)C(=O)Oc1ccc(C(C(C)C(C)OC(=O)Oc2ccccc2)[C@H](N)C(=O)O)cc1OC(=O)C(C)(C)CC. The Kier molecular flexibility index (Phi) is 11.7. The topological polar surface area (TPSA) is 151 Å². The van der Waals surface area contributed by atoms with Crippen LogP contribution in [0.3, 0.4) is 0 Å². The minimum absolute atomic E-state index is 0.0107. The van der Waals surface area contributed by atoms with Gasteiger partial charge in [-0.25, -0.2) is 4.79 Å². The van der Waals surface area contributed by atoms with E-state index in [4.69, 9.17) is 24.7 Å². The number of hydrogen-bond donors (Lipinski definition) is 2. The second-order valence-corrected chi connectivity index (χ2v) is 11.7. The molecule has 10 heteroatoms. The molecule has 0 saturated heterocycles. The molecule has 0 aliphatic carbocycles. The fourth-order valence-corrected chi connectivity index (χ4v) is 3.81.